The maximum Gasteiger partial charge on any atom is 0.0685 e. The number of thiophene rings is 1. The van der Waals surface area contributed by atoms with Crippen molar-refractivity contribution in [2.24, 2.45) is 0 Å². The van der Waals surface area contributed by atoms with Gasteiger partial charge < -0.3 is 10.4 Å². The van der Waals surface area contributed by atoms with Gasteiger partial charge in [-0.2, -0.15) is 0 Å². The molecule has 2 N–H and O–H groups in total. The molecule has 1 aromatic heterocycles. The van der Waals surface area contributed by atoms with Crippen molar-refractivity contribution in [2.45, 2.75) is 19.7 Å². The molecule has 0 bridgehead atoms. The summed E-state index contributed by atoms with van der Waals surface area (Å²) in [5, 5.41) is 15.0. The highest BCUT2D eigenvalue weighted by molar-refractivity contribution is 7.10. The van der Waals surface area contributed by atoms with Crippen LogP contribution < -0.4 is 5.32 Å². The molecule has 0 fully saturated rings. The first-order chi connectivity index (χ1) is 10.9. The number of benzene rings is 2. The molecule has 22 heavy (non-hydrogen) atoms. The van der Waals surface area contributed by atoms with Gasteiger partial charge in [-0.3, -0.25) is 0 Å². The van der Waals surface area contributed by atoms with E-state index < -0.39 is 0 Å². The molecule has 112 valence electrons. The minimum atomic E-state index is 0.0923. The van der Waals surface area contributed by atoms with Gasteiger partial charge in [0.2, 0.25) is 0 Å². The molecule has 0 aliphatic carbocycles. The molecule has 0 radical (unpaired) electrons. The second-order valence-corrected chi connectivity index (χ2v) is 6.19. The quantitative estimate of drug-likeness (QED) is 0.715. The first-order valence-electron chi connectivity index (χ1n) is 7.38. The smallest absolute Gasteiger partial charge is 0.0685 e. The summed E-state index contributed by atoms with van der Waals surface area (Å²) in [4.78, 5) is 1.32. The van der Waals surface area contributed by atoms with Crippen LogP contribution in [0.5, 0.6) is 0 Å². The van der Waals surface area contributed by atoms with E-state index in [4.69, 9.17) is 0 Å². The number of aliphatic hydroxyl groups is 1. The Morgan fingerprint density at radius 2 is 1.55 bits per heavy atom. The van der Waals surface area contributed by atoms with Crippen LogP contribution in [0.25, 0.3) is 11.1 Å². The molecule has 1 heterocycles. The van der Waals surface area contributed by atoms with Gasteiger partial charge in [-0.15, -0.1) is 11.3 Å². The zero-order valence-electron chi connectivity index (χ0n) is 12.3. The molecule has 0 aliphatic heterocycles. The van der Waals surface area contributed by atoms with Crippen molar-refractivity contribution in [1.29, 1.82) is 0 Å². The fraction of sp³-hybridized carbons (Fsp3) is 0.158. The predicted molar refractivity (Wildman–Crippen MR) is 92.7 cm³/mol. The molecule has 0 spiro atoms. The summed E-state index contributed by atoms with van der Waals surface area (Å²) >= 11 is 1.78. The van der Waals surface area contributed by atoms with Gasteiger partial charge in [0.1, 0.15) is 0 Å². The predicted octanol–water partition coefficient (Wildman–Crippen LogP) is 4.20. The van der Waals surface area contributed by atoms with E-state index in [-0.39, 0.29) is 6.61 Å². The molecule has 2 nitrogen and oxygen atoms in total. The Bertz CT molecular complexity index is 721. The second kappa shape index (κ2) is 7.36. The SMILES string of the molecule is OCc1ccccc1CNCc1cc(-c2ccccc2)cs1. The fourth-order valence-electron chi connectivity index (χ4n) is 2.46. The Balaban J connectivity index is 1.60. The van der Waals surface area contributed by atoms with E-state index >= 15 is 0 Å². The van der Waals surface area contributed by atoms with Crippen molar-refractivity contribution < 1.29 is 5.11 Å². The van der Waals surface area contributed by atoms with Crippen LogP contribution in [0.3, 0.4) is 0 Å². The second-order valence-electron chi connectivity index (χ2n) is 5.20. The number of hydrogen-bond acceptors (Lipinski definition) is 3. The Hall–Kier alpha value is -1.94. The van der Waals surface area contributed by atoms with Crippen LogP contribution in [0, 0.1) is 0 Å². The van der Waals surface area contributed by atoms with E-state index in [9.17, 15) is 5.11 Å². The fourth-order valence-corrected chi connectivity index (χ4v) is 3.32. The third-order valence-electron chi connectivity index (χ3n) is 3.66. The Morgan fingerprint density at radius 1 is 0.818 bits per heavy atom. The molecule has 2 aromatic carbocycles. The van der Waals surface area contributed by atoms with Crippen molar-refractivity contribution in [2.75, 3.05) is 0 Å². The van der Waals surface area contributed by atoms with Crippen molar-refractivity contribution in [3.63, 3.8) is 0 Å². The Labute approximate surface area is 135 Å². The van der Waals surface area contributed by atoms with Crippen molar-refractivity contribution >= 4 is 11.3 Å². The summed E-state index contributed by atoms with van der Waals surface area (Å²) in [6, 6.07) is 20.7. The molecule has 0 atom stereocenters. The first-order valence-corrected chi connectivity index (χ1v) is 8.26. The average Bonchev–Trinajstić information content (AvgIpc) is 3.05. The zero-order valence-corrected chi connectivity index (χ0v) is 13.1. The highest BCUT2D eigenvalue weighted by atomic mass is 32.1. The molecule has 0 unspecified atom stereocenters. The van der Waals surface area contributed by atoms with E-state index in [1.165, 1.54) is 16.0 Å². The Kier molecular flexibility index (Phi) is 5.01. The molecule has 3 aromatic rings. The van der Waals surface area contributed by atoms with Crippen LogP contribution in [0.2, 0.25) is 0 Å². The monoisotopic (exact) mass is 309 g/mol. The third kappa shape index (κ3) is 3.63. The highest BCUT2D eigenvalue weighted by Crippen LogP contribution is 2.25. The molecule has 3 heteroatoms. The number of rotatable bonds is 6. The maximum atomic E-state index is 9.34. The Morgan fingerprint density at radius 3 is 2.32 bits per heavy atom. The van der Waals surface area contributed by atoms with Crippen molar-refractivity contribution in [3.8, 4) is 11.1 Å². The van der Waals surface area contributed by atoms with Crippen molar-refractivity contribution in [3.05, 3.63) is 82.0 Å². The highest BCUT2D eigenvalue weighted by Gasteiger charge is 2.03. The van der Waals surface area contributed by atoms with Gasteiger partial charge in [-0.1, -0.05) is 54.6 Å². The minimum Gasteiger partial charge on any atom is -0.392 e. The van der Waals surface area contributed by atoms with Gasteiger partial charge in [0, 0.05) is 18.0 Å². The van der Waals surface area contributed by atoms with Crippen LogP contribution in [0.1, 0.15) is 16.0 Å². The van der Waals surface area contributed by atoms with Gasteiger partial charge in [0.05, 0.1) is 6.61 Å². The summed E-state index contributed by atoms with van der Waals surface area (Å²) in [7, 11) is 0. The average molecular weight is 309 g/mol. The lowest BCUT2D eigenvalue weighted by atomic mass is 10.1. The van der Waals surface area contributed by atoms with E-state index in [0.717, 1.165) is 24.2 Å². The summed E-state index contributed by atoms with van der Waals surface area (Å²) in [6.07, 6.45) is 0. The van der Waals surface area contributed by atoms with Crippen molar-refractivity contribution in [1.82, 2.24) is 5.32 Å². The lowest BCUT2D eigenvalue weighted by molar-refractivity contribution is 0.280. The molecular formula is C19H19NOS. The lowest BCUT2D eigenvalue weighted by Gasteiger charge is -2.07. The summed E-state index contributed by atoms with van der Waals surface area (Å²) in [6.45, 7) is 1.71. The molecule has 0 aliphatic rings. The normalized spacial score (nSPS) is 10.8. The minimum absolute atomic E-state index is 0.0923. The van der Waals surface area contributed by atoms with Gasteiger partial charge in [-0.25, -0.2) is 0 Å². The van der Waals surface area contributed by atoms with E-state index in [2.05, 4.69) is 47.1 Å². The third-order valence-corrected chi connectivity index (χ3v) is 4.60. The van der Waals surface area contributed by atoms with Crippen LogP contribution in [-0.4, -0.2) is 5.11 Å². The van der Waals surface area contributed by atoms with Gasteiger partial charge in [0.15, 0.2) is 0 Å². The van der Waals surface area contributed by atoms with E-state index in [0.29, 0.717) is 0 Å². The van der Waals surface area contributed by atoms with Crippen LogP contribution in [0.4, 0.5) is 0 Å². The van der Waals surface area contributed by atoms with Gasteiger partial charge in [0.25, 0.3) is 0 Å². The number of nitrogens with one attached hydrogen (secondary N) is 1. The summed E-state index contributed by atoms with van der Waals surface area (Å²) in [5.41, 5.74) is 4.68. The van der Waals surface area contributed by atoms with E-state index in [1.807, 2.05) is 24.3 Å². The standard InChI is InChI=1S/C19H19NOS/c21-13-17-9-5-4-8-16(17)11-20-12-19-10-18(14-22-19)15-6-2-1-3-7-15/h1-10,14,20-21H,11-13H2. The maximum absolute atomic E-state index is 9.34. The van der Waals surface area contributed by atoms with Gasteiger partial charge >= 0.3 is 0 Å². The van der Waals surface area contributed by atoms with Crippen LogP contribution in [-0.2, 0) is 19.7 Å². The first kappa shape index (κ1) is 15.0. The number of aliphatic hydroxyl groups excluding tert-OH is 1. The molecule has 0 amide bonds. The lowest BCUT2D eigenvalue weighted by Crippen LogP contribution is -2.13. The van der Waals surface area contributed by atoms with E-state index in [1.54, 1.807) is 11.3 Å². The molecule has 0 saturated carbocycles. The summed E-state index contributed by atoms with van der Waals surface area (Å²) < 4.78 is 0. The molecular weight excluding hydrogens is 290 g/mol. The molecule has 0 saturated heterocycles. The largest absolute Gasteiger partial charge is 0.392 e. The topological polar surface area (TPSA) is 32.3 Å². The zero-order chi connectivity index (χ0) is 15.2. The number of hydrogen-bond donors (Lipinski definition) is 2. The summed E-state index contributed by atoms with van der Waals surface area (Å²) in [5.74, 6) is 0. The van der Waals surface area contributed by atoms with Crippen LogP contribution in [0.15, 0.2) is 66.0 Å². The van der Waals surface area contributed by atoms with Gasteiger partial charge in [-0.05, 0) is 33.7 Å². The molecule has 3 rings (SSSR count). The van der Waals surface area contributed by atoms with Crippen LogP contribution >= 0.6 is 11.3 Å².